The Morgan fingerprint density at radius 1 is 1.21 bits per heavy atom. The van der Waals surface area contributed by atoms with Crippen LogP contribution >= 0.6 is 15.9 Å². The number of hydrogen-bond acceptors (Lipinski definition) is 2. The number of rotatable bonds is 4. The summed E-state index contributed by atoms with van der Waals surface area (Å²) < 4.78 is 0.579. The number of anilines is 1. The van der Waals surface area contributed by atoms with Gasteiger partial charge in [0.1, 0.15) is 0 Å². The van der Waals surface area contributed by atoms with Gasteiger partial charge in [0.05, 0.1) is 11.3 Å². The number of halogens is 1. The van der Waals surface area contributed by atoms with Crippen LogP contribution in [-0.4, -0.2) is 11.1 Å². The zero-order chi connectivity index (χ0) is 13.8. The number of aromatic carboxylic acids is 1. The summed E-state index contributed by atoms with van der Waals surface area (Å²) in [4.78, 5) is 11.3. The van der Waals surface area contributed by atoms with Crippen LogP contribution in [0.15, 0.2) is 46.9 Å². The molecule has 2 aromatic carbocycles. The summed E-state index contributed by atoms with van der Waals surface area (Å²) in [5, 5.41) is 12.4. The van der Waals surface area contributed by atoms with Gasteiger partial charge in [-0.05, 0) is 46.1 Å². The van der Waals surface area contributed by atoms with E-state index in [4.69, 9.17) is 0 Å². The summed E-state index contributed by atoms with van der Waals surface area (Å²) in [5.74, 6) is -0.945. The maximum Gasteiger partial charge on any atom is 0.338 e. The third kappa shape index (κ3) is 3.15. The second-order valence-corrected chi connectivity index (χ2v) is 5.10. The van der Waals surface area contributed by atoms with Crippen molar-refractivity contribution in [3.8, 4) is 0 Å². The van der Waals surface area contributed by atoms with Gasteiger partial charge in [0.15, 0.2) is 0 Å². The fraction of sp³-hybridized carbons (Fsp3) is 0.133. The van der Waals surface area contributed by atoms with Gasteiger partial charge in [-0.2, -0.15) is 0 Å². The van der Waals surface area contributed by atoms with Gasteiger partial charge in [0.25, 0.3) is 0 Å². The van der Waals surface area contributed by atoms with Crippen molar-refractivity contribution in [2.75, 3.05) is 5.32 Å². The summed E-state index contributed by atoms with van der Waals surface area (Å²) >= 11 is 3.27. The van der Waals surface area contributed by atoms with Gasteiger partial charge in [-0.15, -0.1) is 0 Å². The average molecular weight is 320 g/mol. The lowest BCUT2D eigenvalue weighted by Crippen LogP contribution is -2.07. The predicted molar refractivity (Wildman–Crippen MR) is 79.6 cm³/mol. The highest BCUT2D eigenvalue weighted by Gasteiger charge is 2.13. The van der Waals surface area contributed by atoms with Gasteiger partial charge in [-0.25, -0.2) is 4.79 Å². The Labute approximate surface area is 120 Å². The SMILES string of the molecule is Cc1ccccc1CNc1cccc(Br)c1C(=O)O. The topological polar surface area (TPSA) is 49.3 Å². The van der Waals surface area contributed by atoms with Gasteiger partial charge < -0.3 is 10.4 Å². The van der Waals surface area contributed by atoms with Gasteiger partial charge in [0.2, 0.25) is 0 Å². The first-order valence-corrected chi connectivity index (χ1v) is 6.69. The predicted octanol–water partition coefficient (Wildman–Crippen LogP) is 4.07. The van der Waals surface area contributed by atoms with E-state index in [1.807, 2.05) is 37.3 Å². The summed E-state index contributed by atoms with van der Waals surface area (Å²) in [7, 11) is 0. The maximum absolute atomic E-state index is 11.3. The third-order valence-corrected chi connectivity index (χ3v) is 3.62. The number of benzene rings is 2. The number of hydrogen-bond donors (Lipinski definition) is 2. The molecule has 0 aromatic heterocycles. The minimum Gasteiger partial charge on any atom is -0.478 e. The zero-order valence-corrected chi connectivity index (χ0v) is 12.1. The van der Waals surface area contributed by atoms with E-state index in [1.54, 1.807) is 12.1 Å². The molecule has 0 spiro atoms. The van der Waals surface area contributed by atoms with Gasteiger partial charge in [0, 0.05) is 11.0 Å². The molecule has 3 nitrogen and oxygen atoms in total. The van der Waals surface area contributed by atoms with Crippen LogP contribution < -0.4 is 5.32 Å². The molecule has 98 valence electrons. The van der Waals surface area contributed by atoms with Crippen LogP contribution in [0.4, 0.5) is 5.69 Å². The Hall–Kier alpha value is -1.81. The van der Waals surface area contributed by atoms with Crippen molar-refractivity contribution >= 4 is 27.6 Å². The summed E-state index contributed by atoms with van der Waals surface area (Å²) in [6.07, 6.45) is 0. The smallest absolute Gasteiger partial charge is 0.338 e. The van der Waals surface area contributed by atoms with Crippen molar-refractivity contribution in [3.63, 3.8) is 0 Å². The molecule has 4 heteroatoms. The molecule has 0 radical (unpaired) electrons. The fourth-order valence-electron chi connectivity index (χ4n) is 1.89. The normalized spacial score (nSPS) is 10.2. The first-order valence-electron chi connectivity index (χ1n) is 5.90. The van der Waals surface area contributed by atoms with E-state index in [1.165, 1.54) is 5.56 Å². The molecule has 0 saturated heterocycles. The Morgan fingerprint density at radius 2 is 1.95 bits per heavy atom. The molecule has 0 unspecified atom stereocenters. The van der Waals surface area contributed by atoms with E-state index in [0.717, 1.165) is 5.56 Å². The molecule has 0 bridgehead atoms. The highest BCUT2D eigenvalue weighted by Crippen LogP contribution is 2.25. The van der Waals surface area contributed by atoms with E-state index in [-0.39, 0.29) is 5.56 Å². The molecule has 0 aliphatic heterocycles. The number of aryl methyl sites for hydroxylation is 1. The van der Waals surface area contributed by atoms with Crippen LogP contribution in [0.25, 0.3) is 0 Å². The van der Waals surface area contributed by atoms with Crippen LogP contribution in [-0.2, 0) is 6.54 Å². The van der Waals surface area contributed by atoms with E-state index < -0.39 is 5.97 Å². The van der Waals surface area contributed by atoms with Crippen molar-refractivity contribution < 1.29 is 9.90 Å². The Kier molecular flexibility index (Phi) is 4.22. The minimum absolute atomic E-state index is 0.260. The zero-order valence-electron chi connectivity index (χ0n) is 10.5. The Bertz CT molecular complexity index is 611. The van der Waals surface area contributed by atoms with E-state index in [0.29, 0.717) is 16.7 Å². The highest BCUT2D eigenvalue weighted by molar-refractivity contribution is 9.10. The molecule has 0 aliphatic rings. The van der Waals surface area contributed by atoms with Crippen LogP contribution in [0.3, 0.4) is 0 Å². The molecule has 0 fully saturated rings. The molecular weight excluding hydrogens is 306 g/mol. The molecule has 19 heavy (non-hydrogen) atoms. The average Bonchev–Trinajstić information content (AvgIpc) is 2.37. The second kappa shape index (κ2) is 5.89. The van der Waals surface area contributed by atoms with Gasteiger partial charge in [-0.3, -0.25) is 0 Å². The Balaban J connectivity index is 2.23. The molecule has 2 N–H and O–H groups in total. The largest absolute Gasteiger partial charge is 0.478 e. The monoisotopic (exact) mass is 319 g/mol. The number of carboxylic acids is 1. The standard InChI is InChI=1S/C15H14BrNO2/c1-10-5-2-3-6-11(10)9-17-13-8-4-7-12(16)14(13)15(18)19/h2-8,17H,9H2,1H3,(H,18,19). The molecule has 2 aromatic rings. The summed E-state index contributed by atoms with van der Waals surface area (Å²) in [6.45, 7) is 2.64. The Morgan fingerprint density at radius 3 is 2.63 bits per heavy atom. The molecule has 0 amide bonds. The van der Waals surface area contributed by atoms with Crippen LogP contribution in [0, 0.1) is 6.92 Å². The quantitative estimate of drug-likeness (QED) is 0.893. The number of nitrogens with one attached hydrogen (secondary N) is 1. The molecule has 0 aliphatic carbocycles. The van der Waals surface area contributed by atoms with Crippen LogP contribution in [0.1, 0.15) is 21.5 Å². The van der Waals surface area contributed by atoms with E-state index in [2.05, 4.69) is 21.2 Å². The van der Waals surface area contributed by atoms with Crippen molar-refractivity contribution in [1.29, 1.82) is 0 Å². The minimum atomic E-state index is -0.945. The van der Waals surface area contributed by atoms with Crippen LogP contribution in [0.2, 0.25) is 0 Å². The van der Waals surface area contributed by atoms with E-state index >= 15 is 0 Å². The number of carboxylic acid groups (broad SMARTS) is 1. The molecular formula is C15H14BrNO2. The highest BCUT2D eigenvalue weighted by atomic mass is 79.9. The first kappa shape index (κ1) is 13.6. The molecule has 0 saturated carbocycles. The second-order valence-electron chi connectivity index (χ2n) is 4.25. The van der Waals surface area contributed by atoms with Crippen molar-refractivity contribution in [1.82, 2.24) is 0 Å². The summed E-state index contributed by atoms with van der Waals surface area (Å²) in [6, 6.07) is 13.3. The summed E-state index contributed by atoms with van der Waals surface area (Å²) in [5.41, 5.74) is 3.21. The van der Waals surface area contributed by atoms with Crippen molar-refractivity contribution in [2.45, 2.75) is 13.5 Å². The lowest BCUT2D eigenvalue weighted by Gasteiger charge is -2.12. The van der Waals surface area contributed by atoms with Gasteiger partial charge >= 0.3 is 5.97 Å². The number of carbonyl (C=O) groups is 1. The maximum atomic E-state index is 11.3. The van der Waals surface area contributed by atoms with Crippen molar-refractivity contribution in [2.24, 2.45) is 0 Å². The molecule has 2 rings (SSSR count). The lowest BCUT2D eigenvalue weighted by molar-refractivity contribution is 0.0697. The molecule has 0 heterocycles. The van der Waals surface area contributed by atoms with Crippen LogP contribution in [0.5, 0.6) is 0 Å². The van der Waals surface area contributed by atoms with E-state index in [9.17, 15) is 9.90 Å². The van der Waals surface area contributed by atoms with Gasteiger partial charge in [-0.1, -0.05) is 30.3 Å². The fourth-order valence-corrected chi connectivity index (χ4v) is 2.42. The first-order chi connectivity index (χ1) is 9.09. The molecule has 0 atom stereocenters. The lowest BCUT2D eigenvalue weighted by atomic mass is 10.1. The van der Waals surface area contributed by atoms with Crippen molar-refractivity contribution in [3.05, 3.63) is 63.6 Å². The third-order valence-electron chi connectivity index (χ3n) is 2.96.